The Bertz CT molecular complexity index is 1000. The molecule has 0 radical (unpaired) electrons. The van der Waals surface area contributed by atoms with Gasteiger partial charge in [-0.3, -0.25) is 4.79 Å². The number of carbonyl (C=O) groups excluding carboxylic acids is 1. The monoisotopic (exact) mass is 340 g/mol. The van der Waals surface area contributed by atoms with Crippen molar-refractivity contribution in [2.75, 3.05) is 14.2 Å². The third kappa shape index (κ3) is 2.94. The van der Waals surface area contributed by atoms with Gasteiger partial charge in [-0.15, -0.1) is 0 Å². The second-order valence-electron chi connectivity index (χ2n) is 5.33. The molecule has 0 aliphatic rings. The topological polar surface area (TPSA) is 75.0 Å². The molecule has 0 N–H and O–H groups in total. The van der Waals surface area contributed by atoms with E-state index in [4.69, 9.17) is 18.6 Å². The molecule has 1 aromatic heterocycles. The summed E-state index contributed by atoms with van der Waals surface area (Å²) in [5, 5.41) is 0.752. The smallest absolute Gasteiger partial charge is 0.344 e. The van der Waals surface area contributed by atoms with Crippen LogP contribution < -0.4 is 19.8 Å². The van der Waals surface area contributed by atoms with E-state index in [1.807, 2.05) is 6.92 Å². The zero-order chi connectivity index (χ0) is 18.0. The average Bonchev–Trinajstić information content (AvgIpc) is 2.61. The first kappa shape index (κ1) is 16.6. The van der Waals surface area contributed by atoms with Gasteiger partial charge >= 0.3 is 5.63 Å². The number of ether oxygens (including phenoxy) is 3. The number of hydrogen-bond donors (Lipinski definition) is 0. The second-order valence-corrected chi connectivity index (χ2v) is 5.33. The van der Waals surface area contributed by atoms with Crippen LogP contribution in [0.25, 0.3) is 22.1 Å². The standard InChI is InChI=1S/C19H16O6/c1-11-14-6-5-13(24-10-20)9-16(14)25-19(21)18(11)12-4-7-15(22-2)17(8-12)23-3/h4-10H,1-3H3. The van der Waals surface area contributed by atoms with Crippen molar-refractivity contribution < 1.29 is 23.4 Å². The lowest BCUT2D eigenvalue weighted by atomic mass is 9.99. The van der Waals surface area contributed by atoms with Crippen LogP contribution in [-0.4, -0.2) is 20.7 Å². The molecule has 0 aliphatic carbocycles. The van der Waals surface area contributed by atoms with Gasteiger partial charge in [-0.05, 0) is 42.3 Å². The minimum absolute atomic E-state index is 0.309. The van der Waals surface area contributed by atoms with Gasteiger partial charge in [-0.1, -0.05) is 6.07 Å². The molecule has 25 heavy (non-hydrogen) atoms. The fourth-order valence-corrected chi connectivity index (χ4v) is 2.79. The largest absolute Gasteiger partial charge is 0.493 e. The van der Waals surface area contributed by atoms with E-state index < -0.39 is 5.63 Å². The van der Waals surface area contributed by atoms with Gasteiger partial charge in [0.05, 0.1) is 19.8 Å². The lowest BCUT2D eigenvalue weighted by Gasteiger charge is -2.12. The van der Waals surface area contributed by atoms with Crippen molar-refractivity contribution in [3.8, 4) is 28.4 Å². The van der Waals surface area contributed by atoms with Gasteiger partial charge in [0.1, 0.15) is 11.3 Å². The molecular weight excluding hydrogens is 324 g/mol. The van der Waals surface area contributed by atoms with E-state index in [1.165, 1.54) is 13.2 Å². The highest BCUT2D eigenvalue weighted by atomic mass is 16.5. The highest BCUT2D eigenvalue weighted by Gasteiger charge is 2.16. The van der Waals surface area contributed by atoms with E-state index in [0.29, 0.717) is 40.4 Å². The van der Waals surface area contributed by atoms with Crippen LogP contribution in [0.4, 0.5) is 0 Å². The Balaban J connectivity index is 2.22. The molecule has 0 saturated heterocycles. The normalized spacial score (nSPS) is 10.5. The van der Waals surface area contributed by atoms with Gasteiger partial charge in [0, 0.05) is 11.5 Å². The summed E-state index contributed by atoms with van der Waals surface area (Å²) in [7, 11) is 3.08. The number of rotatable bonds is 5. The van der Waals surface area contributed by atoms with Crippen LogP contribution in [0.1, 0.15) is 5.56 Å². The Kier molecular flexibility index (Phi) is 4.43. The number of benzene rings is 2. The van der Waals surface area contributed by atoms with Crippen molar-refractivity contribution in [3.63, 3.8) is 0 Å². The summed E-state index contributed by atoms with van der Waals surface area (Å²) in [6.07, 6.45) is 0. The first-order valence-electron chi connectivity index (χ1n) is 7.49. The van der Waals surface area contributed by atoms with Crippen LogP contribution in [0, 0.1) is 6.92 Å². The molecule has 0 spiro atoms. The van der Waals surface area contributed by atoms with Gasteiger partial charge in [0.2, 0.25) is 0 Å². The Morgan fingerprint density at radius 1 is 1.00 bits per heavy atom. The van der Waals surface area contributed by atoms with E-state index in [9.17, 15) is 9.59 Å². The quantitative estimate of drug-likeness (QED) is 0.524. The third-order valence-corrected chi connectivity index (χ3v) is 4.00. The molecule has 6 heteroatoms. The summed E-state index contributed by atoms with van der Waals surface area (Å²) in [6, 6.07) is 10.1. The first-order chi connectivity index (χ1) is 12.1. The number of fused-ring (bicyclic) bond motifs is 1. The maximum Gasteiger partial charge on any atom is 0.344 e. The SMILES string of the molecule is COc1ccc(-c2c(C)c3ccc(OC=O)cc3oc2=O)cc1OC. The predicted molar refractivity (Wildman–Crippen MR) is 92.5 cm³/mol. The van der Waals surface area contributed by atoms with Crippen LogP contribution in [0.2, 0.25) is 0 Å². The van der Waals surface area contributed by atoms with Gasteiger partial charge in [0.25, 0.3) is 6.47 Å². The maximum absolute atomic E-state index is 12.5. The molecule has 2 aromatic carbocycles. The van der Waals surface area contributed by atoms with Crippen LogP contribution in [0.15, 0.2) is 45.6 Å². The Hall–Kier alpha value is -3.28. The third-order valence-electron chi connectivity index (χ3n) is 4.00. The second kappa shape index (κ2) is 6.68. The van der Waals surface area contributed by atoms with Crippen LogP contribution >= 0.6 is 0 Å². The Morgan fingerprint density at radius 2 is 1.76 bits per heavy atom. The Morgan fingerprint density at radius 3 is 2.44 bits per heavy atom. The lowest BCUT2D eigenvalue weighted by Crippen LogP contribution is -2.06. The molecular formula is C19H16O6. The minimum Gasteiger partial charge on any atom is -0.493 e. The fourth-order valence-electron chi connectivity index (χ4n) is 2.79. The zero-order valence-electron chi connectivity index (χ0n) is 14.0. The summed E-state index contributed by atoms with van der Waals surface area (Å²) in [6.45, 7) is 2.16. The van der Waals surface area contributed by atoms with Crippen molar-refractivity contribution in [2.24, 2.45) is 0 Å². The molecule has 6 nitrogen and oxygen atoms in total. The van der Waals surface area contributed by atoms with Crippen LogP contribution in [0.5, 0.6) is 17.2 Å². The molecule has 1 heterocycles. The van der Waals surface area contributed by atoms with E-state index in [0.717, 1.165) is 10.9 Å². The number of hydrogen-bond acceptors (Lipinski definition) is 6. The summed E-state index contributed by atoms with van der Waals surface area (Å²) in [5.74, 6) is 1.40. The zero-order valence-corrected chi connectivity index (χ0v) is 14.0. The van der Waals surface area contributed by atoms with E-state index >= 15 is 0 Å². The molecule has 0 saturated carbocycles. The molecule has 0 bridgehead atoms. The minimum atomic E-state index is -0.486. The lowest BCUT2D eigenvalue weighted by molar-refractivity contribution is -0.120. The maximum atomic E-state index is 12.5. The van der Waals surface area contributed by atoms with Gasteiger partial charge < -0.3 is 18.6 Å². The number of carbonyl (C=O) groups is 1. The van der Waals surface area contributed by atoms with Gasteiger partial charge in [-0.2, -0.15) is 0 Å². The van der Waals surface area contributed by atoms with E-state index in [2.05, 4.69) is 0 Å². The van der Waals surface area contributed by atoms with Crippen molar-refractivity contribution in [1.82, 2.24) is 0 Å². The highest BCUT2D eigenvalue weighted by Crippen LogP contribution is 2.34. The van der Waals surface area contributed by atoms with E-state index in [1.54, 1.807) is 37.4 Å². The van der Waals surface area contributed by atoms with Crippen molar-refractivity contribution in [2.45, 2.75) is 6.92 Å². The van der Waals surface area contributed by atoms with Gasteiger partial charge in [-0.25, -0.2) is 4.79 Å². The molecule has 0 aliphatic heterocycles. The summed E-state index contributed by atoms with van der Waals surface area (Å²) >= 11 is 0. The Labute approximate surface area is 143 Å². The molecule has 3 rings (SSSR count). The predicted octanol–water partition coefficient (Wildman–Crippen LogP) is 3.32. The fraction of sp³-hybridized carbons (Fsp3) is 0.158. The van der Waals surface area contributed by atoms with Crippen molar-refractivity contribution >= 4 is 17.4 Å². The highest BCUT2D eigenvalue weighted by molar-refractivity contribution is 5.88. The van der Waals surface area contributed by atoms with Crippen molar-refractivity contribution in [3.05, 3.63) is 52.4 Å². The van der Waals surface area contributed by atoms with Gasteiger partial charge in [0.15, 0.2) is 11.5 Å². The average molecular weight is 340 g/mol. The summed E-state index contributed by atoms with van der Waals surface area (Å²) < 4.78 is 20.7. The summed E-state index contributed by atoms with van der Waals surface area (Å²) in [5.41, 5.74) is 1.74. The summed E-state index contributed by atoms with van der Waals surface area (Å²) in [4.78, 5) is 23.0. The molecule has 0 amide bonds. The van der Waals surface area contributed by atoms with Crippen molar-refractivity contribution in [1.29, 1.82) is 0 Å². The molecule has 0 unspecified atom stereocenters. The molecule has 0 atom stereocenters. The molecule has 0 fully saturated rings. The van der Waals surface area contributed by atoms with E-state index in [-0.39, 0.29) is 0 Å². The number of methoxy groups -OCH3 is 2. The molecule has 3 aromatic rings. The van der Waals surface area contributed by atoms with Crippen LogP contribution in [0.3, 0.4) is 0 Å². The van der Waals surface area contributed by atoms with Crippen LogP contribution in [-0.2, 0) is 4.79 Å². The number of aryl methyl sites for hydroxylation is 1. The first-order valence-corrected chi connectivity index (χ1v) is 7.49. The molecule has 128 valence electrons.